The number of piperidine rings is 1. The minimum Gasteiger partial charge on any atom is -0.483 e. The molecule has 0 bridgehead atoms. The molecule has 3 fully saturated rings. The van der Waals surface area contributed by atoms with Gasteiger partial charge in [0.1, 0.15) is 23.4 Å². The van der Waals surface area contributed by atoms with Crippen LogP contribution in [0.5, 0.6) is 5.75 Å². The molecule has 0 radical (unpaired) electrons. The van der Waals surface area contributed by atoms with Crippen molar-refractivity contribution in [1.29, 1.82) is 0 Å². The number of anilines is 3. The number of pyridine rings is 3. The predicted octanol–water partition coefficient (Wildman–Crippen LogP) is 4.70. The van der Waals surface area contributed by atoms with Gasteiger partial charge in [0.2, 0.25) is 17.7 Å². The number of nitrogens with zero attached hydrogens (tertiary/aromatic N) is 4. The van der Waals surface area contributed by atoms with Gasteiger partial charge in [-0.25, -0.2) is 9.97 Å². The molecule has 2 saturated carbocycles. The van der Waals surface area contributed by atoms with E-state index < -0.39 is 29.7 Å². The Bertz CT molecular complexity index is 2530. The third kappa shape index (κ3) is 12.3. The van der Waals surface area contributed by atoms with Gasteiger partial charge in [0, 0.05) is 80.8 Å². The van der Waals surface area contributed by atoms with Crippen LogP contribution < -0.4 is 36.6 Å². The van der Waals surface area contributed by atoms with Gasteiger partial charge in [-0.2, -0.15) is 0 Å². The summed E-state index contributed by atoms with van der Waals surface area (Å²) in [6.07, 6.45) is 15.3. The summed E-state index contributed by atoms with van der Waals surface area (Å²) in [5, 5.41) is 18.9. The summed E-state index contributed by atoms with van der Waals surface area (Å²) in [6, 6.07) is 11.3. The first-order chi connectivity index (χ1) is 33.1. The molecule has 1 aromatic carbocycles. The average molecular weight is 931 g/mol. The van der Waals surface area contributed by atoms with E-state index in [2.05, 4.69) is 46.9 Å². The topological polar surface area (TPSA) is 252 Å². The van der Waals surface area contributed by atoms with Crippen molar-refractivity contribution in [3.8, 4) is 5.75 Å². The van der Waals surface area contributed by atoms with E-state index in [0.29, 0.717) is 62.4 Å². The van der Waals surface area contributed by atoms with Crippen LogP contribution in [-0.4, -0.2) is 112 Å². The van der Waals surface area contributed by atoms with E-state index in [1.807, 2.05) is 24.3 Å². The van der Waals surface area contributed by atoms with Crippen molar-refractivity contribution in [1.82, 2.24) is 41.1 Å². The molecule has 5 heterocycles. The lowest BCUT2D eigenvalue weighted by Crippen LogP contribution is -2.54. The van der Waals surface area contributed by atoms with Gasteiger partial charge in [-0.15, -0.1) is 0 Å². The highest BCUT2D eigenvalue weighted by molar-refractivity contribution is 6.24. The van der Waals surface area contributed by atoms with Crippen molar-refractivity contribution in [2.24, 2.45) is 5.92 Å². The Morgan fingerprint density at radius 1 is 0.779 bits per heavy atom. The summed E-state index contributed by atoms with van der Waals surface area (Å²) in [7, 11) is 0. The van der Waals surface area contributed by atoms with Gasteiger partial charge in [-0.05, 0) is 114 Å². The summed E-state index contributed by atoms with van der Waals surface area (Å²) in [5.41, 5.74) is 2.12. The lowest BCUT2D eigenvalue weighted by molar-refractivity contribution is -0.136. The molecule has 3 aromatic heterocycles. The molecule has 8 rings (SSSR count). The number of benzene rings is 1. The van der Waals surface area contributed by atoms with Crippen molar-refractivity contribution < 1.29 is 43.0 Å². The standard InChI is InChI=1S/C49H58N10O9/c60-42-19-17-38(47(64)58-42)59-48(65)34-8-7-9-39(44(34)49(59)66)68-29-43(61)51-21-3-1-5-24-67-25-6-2-4-22-52-45(62)30-10-13-33(14-11-30)55-46(63)35-28-53-41(26-37(35)54-32-15-16-32)57-40-18-12-31-27-50-23-20-36(31)56-40/h7-9,12,18,20,23,26-28,30,32-33,38H,1-6,10-11,13-17,19,21-22,24-25,29H2,(H,51,61)(H,52,62)(H,55,63)(H,58,60,64)(H2,53,54,56,57)/t30-,33-,38?. The lowest BCUT2D eigenvalue weighted by Gasteiger charge is -2.28. The van der Waals surface area contributed by atoms with Crippen LogP contribution in [0.1, 0.15) is 121 Å². The number of hydrogen-bond acceptors (Lipinski definition) is 14. The Kier molecular flexibility index (Phi) is 15.8. The molecule has 2 aliphatic carbocycles. The summed E-state index contributed by atoms with van der Waals surface area (Å²) >= 11 is 0. The van der Waals surface area contributed by atoms with Crippen molar-refractivity contribution in [2.45, 2.75) is 108 Å². The monoisotopic (exact) mass is 930 g/mol. The van der Waals surface area contributed by atoms with Gasteiger partial charge in [0.25, 0.3) is 23.6 Å². The lowest BCUT2D eigenvalue weighted by atomic mass is 9.85. The summed E-state index contributed by atoms with van der Waals surface area (Å²) < 4.78 is 11.4. The molecule has 7 amide bonds. The van der Waals surface area contributed by atoms with Crippen LogP contribution in [0, 0.1) is 5.92 Å². The van der Waals surface area contributed by atoms with Gasteiger partial charge >= 0.3 is 0 Å². The molecule has 68 heavy (non-hydrogen) atoms. The Morgan fingerprint density at radius 3 is 2.31 bits per heavy atom. The Balaban J connectivity index is 0.637. The van der Waals surface area contributed by atoms with Gasteiger partial charge in [0.05, 0.1) is 27.9 Å². The van der Waals surface area contributed by atoms with Crippen LogP contribution in [-0.2, 0) is 23.9 Å². The highest BCUT2D eigenvalue weighted by Crippen LogP contribution is 2.34. The Hall–Kier alpha value is -7.02. The number of aromatic nitrogens is 3. The SMILES string of the molecule is O=C(COc1cccc2c1C(=O)N(C1CCC(=O)NC1=O)C2=O)NCCCCCOCCCCCNC(=O)[C@H]1CC[C@H](NC(=O)c2cnc(Nc3ccc4cnccc4n3)cc2NC2CC2)CC1. The highest BCUT2D eigenvalue weighted by atomic mass is 16.5. The molecule has 19 nitrogen and oxygen atoms in total. The first-order valence-corrected chi connectivity index (χ1v) is 23.8. The second kappa shape index (κ2) is 22.6. The Labute approximate surface area is 393 Å². The quantitative estimate of drug-likeness (QED) is 0.0436. The molecule has 2 aliphatic heterocycles. The van der Waals surface area contributed by atoms with Crippen LogP contribution >= 0.6 is 0 Å². The fraction of sp³-hybridized carbons (Fsp3) is 0.469. The zero-order valence-electron chi connectivity index (χ0n) is 38.0. The largest absolute Gasteiger partial charge is 0.483 e. The molecule has 4 aliphatic rings. The van der Waals surface area contributed by atoms with Crippen LogP contribution in [0.25, 0.3) is 10.9 Å². The summed E-state index contributed by atoms with van der Waals surface area (Å²) in [6.45, 7) is 1.95. The van der Waals surface area contributed by atoms with Gasteiger partial charge in [-0.1, -0.05) is 6.07 Å². The van der Waals surface area contributed by atoms with Crippen LogP contribution in [0.15, 0.2) is 61.1 Å². The zero-order chi connectivity index (χ0) is 47.4. The normalized spacial score (nSPS) is 19.0. The number of imide groups is 2. The molecule has 358 valence electrons. The number of rotatable bonds is 23. The van der Waals surface area contributed by atoms with Gasteiger partial charge in [0.15, 0.2) is 6.61 Å². The molecular weight excluding hydrogens is 873 g/mol. The zero-order valence-corrected chi connectivity index (χ0v) is 38.0. The molecule has 1 unspecified atom stereocenters. The molecule has 1 atom stereocenters. The van der Waals surface area contributed by atoms with Gasteiger partial charge in [-0.3, -0.25) is 48.8 Å². The van der Waals surface area contributed by atoms with Crippen molar-refractivity contribution in [3.05, 3.63) is 77.7 Å². The number of unbranched alkanes of at least 4 members (excludes halogenated alkanes) is 4. The maximum Gasteiger partial charge on any atom is 0.266 e. The first-order valence-electron chi connectivity index (χ1n) is 23.8. The molecular formula is C49H58N10O9. The van der Waals surface area contributed by atoms with Crippen LogP contribution in [0.4, 0.5) is 17.3 Å². The minimum atomic E-state index is -1.09. The van der Waals surface area contributed by atoms with E-state index >= 15 is 0 Å². The average Bonchev–Trinajstić information content (AvgIpc) is 4.12. The predicted molar refractivity (Wildman–Crippen MR) is 250 cm³/mol. The highest BCUT2D eigenvalue weighted by Gasteiger charge is 2.46. The maximum atomic E-state index is 13.5. The van der Waals surface area contributed by atoms with Crippen LogP contribution in [0.3, 0.4) is 0 Å². The number of nitrogens with one attached hydrogen (secondary N) is 6. The third-order valence-corrected chi connectivity index (χ3v) is 12.6. The van der Waals surface area contributed by atoms with Crippen LogP contribution in [0.2, 0.25) is 0 Å². The Morgan fingerprint density at radius 2 is 1.54 bits per heavy atom. The van der Waals surface area contributed by atoms with Gasteiger partial charge < -0.3 is 36.1 Å². The summed E-state index contributed by atoms with van der Waals surface area (Å²) in [4.78, 5) is 103. The fourth-order valence-corrected chi connectivity index (χ4v) is 8.70. The number of hydrogen-bond donors (Lipinski definition) is 6. The van der Waals surface area contributed by atoms with E-state index in [1.54, 1.807) is 24.7 Å². The fourth-order valence-electron chi connectivity index (χ4n) is 8.70. The van der Waals surface area contributed by atoms with E-state index in [4.69, 9.17) is 9.47 Å². The van der Waals surface area contributed by atoms with E-state index in [-0.39, 0.29) is 66.0 Å². The van der Waals surface area contributed by atoms with Crippen molar-refractivity contribution in [3.63, 3.8) is 0 Å². The van der Waals surface area contributed by atoms with E-state index in [1.165, 1.54) is 12.1 Å². The summed E-state index contributed by atoms with van der Waals surface area (Å²) in [5.74, 6) is -1.74. The maximum absolute atomic E-state index is 13.5. The number of ether oxygens (including phenoxy) is 2. The smallest absolute Gasteiger partial charge is 0.266 e. The second-order valence-corrected chi connectivity index (χ2v) is 17.7. The number of fused-ring (bicyclic) bond motifs is 2. The van der Waals surface area contributed by atoms with E-state index in [9.17, 15) is 33.6 Å². The second-order valence-electron chi connectivity index (χ2n) is 17.7. The molecule has 6 N–H and O–H groups in total. The van der Waals surface area contributed by atoms with Crippen molar-refractivity contribution in [2.75, 3.05) is 43.5 Å². The molecule has 4 aromatic rings. The molecule has 19 heteroatoms. The first kappa shape index (κ1) is 47.5. The number of amides is 7. The van der Waals surface area contributed by atoms with Crippen molar-refractivity contribution >= 4 is 69.6 Å². The number of carbonyl (C=O) groups excluding carboxylic acids is 7. The number of carbonyl (C=O) groups is 7. The third-order valence-electron chi connectivity index (χ3n) is 12.6. The molecule has 1 saturated heterocycles. The minimum absolute atomic E-state index is 0.00604. The molecule has 0 spiro atoms. The van der Waals surface area contributed by atoms with E-state index in [0.717, 1.165) is 85.7 Å².